The van der Waals surface area contributed by atoms with E-state index in [1.165, 1.54) is 12.6 Å². The van der Waals surface area contributed by atoms with Crippen LogP contribution in [0.15, 0.2) is 76.8 Å². The molecule has 0 amide bonds. The molecule has 0 aliphatic carbocycles. The zero-order chi connectivity index (χ0) is 20.8. The number of fused-ring (bicyclic) bond motifs is 1. The van der Waals surface area contributed by atoms with Gasteiger partial charge < -0.3 is 0 Å². The summed E-state index contributed by atoms with van der Waals surface area (Å²) in [6.07, 6.45) is 3.76. The Morgan fingerprint density at radius 3 is 2.10 bits per heavy atom. The van der Waals surface area contributed by atoms with Gasteiger partial charge in [-0.05, 0) is 42.0 Å². The quantitative estimate of drug-likeness (QED) is 0.497. The highest BCUT2D eigenvalue weighted by molar-refractivity contribution is 7.91. The molecule has 2 heterocycles. The monoisotopic (exact) mass is 427 g/mol. The van der Waals surface area contributed by atoms with E-state index in [1.54, 1.807) is 47.0 Å². The summed E-state index contributed by atoms with van der Waals surface area (Å²) in [5, 5.41) is 4.29. The maximum atomic E-state index is 11.9. The summed E-state index contributed by atoms with van der Waals surface area (Å²) in [7, 11) is -6.61. The molecule has 0 unspecified atom stereocenters. The summed E-state index contributed by atoms with van der Waals surface area (Å²) in [5.74, 6) is 0. The van der Waals surface area contributed by atoms with Crippen molar-refractivity contribution in [2.75, 3.05) is 12.5 Å². The smallest absolute Gasteiger partial charge is 0.175 e. The van der Waals surface area contributed by atoms with Crippen LogP contribution in [0.1, 0.15) is 0 Å². The van der Waals surface area contributed by atoms with Gasteiger partial charge in [-0.2, -0.15) is 5.10 Å². The van der Waals surface area contributed by atoms with Gasteiger partial charge in [0.2, 0.25) is 0 Å². The Morgan fingerprint density at radius 2 is 1.45 bits per heavy atom. The molecule has 9 heteroatoms. The molecule has 7 nitrogen and oxygen atoms in total. The lowest BCUT2D eigenvalue weighted by Gasteiger charge is -2.10. The van der Waals surface area contributed by atoms with Gasteiger partial charge >= 0.3 is 0 Å². The van der Waals surface area contributed by atoms with Crippen molar-refractivity contribution in [2.45, 2.75) is 9.79 Å². The summed E-state index contributed by atoms with van der Waals surface area (Å²) < 4.78 is 48.8. The van der Waals surface area contributed by atoms with Crippen LogP contribution in [0.25, 0.3) is 28.0 Å². The van der Waals surface area contributed by atoms with Crippen LogP contribution in [-0.2, 0) is 19.7 Å². The van der Waals surface area contributed by atoms with Crippen molar-refractivity contribution < 1.29 is 16.8 Å². The maximum Gasteiger partial charge on any atom is 0.175 e. The second-order valence-electron chi connectivity index (χ2n) is 6.72. The molecule has 0 saturated carbocycles. The molecule has 0 aliphatic heterocycles. The largest absolute Gasteiger partial charge is 0.224 e. The fourth-order valence-corrected chi connectivity index (χ4v) is 4.42. The molecule has 148 valence electrons. The first kappa shape index (κ1) is 19.3. The van der Waals surface area contributed by atoms with Gasteiger partial charge in [-0.3, -0.25) is 0 Å². The molecular formula is C20H17N3O4S2. The Kier molecular flexibility index (Phi) is 4.51. The van der Waals surface area contributed by atoms with Crippen LogP contribution in [0.3, 0.4) is 0 Å². The molecule has 0 radical (unpaired) electrons. The van der Waals surface area contributed by atoms with Gasteiger partial charge in [0.1, 0.15) is 6.33 Å². The van der Waals surface area contributed by atoms with E-state index in [2.05, 4.69) is 10.1 Å². The number of benzene rings is 2. The Hall–Kier alpha value is -3.04. The SMILES string of the molecule is CS(=O)(=O)c1ccc(-c2ccc(-c3cccc(S(C)(=O)=O)c3)c3ncnn23)cc1. The summed E-state index contributed by atoms with van der Waals surface area (Å²) in [6.45, 7) is 0. The average Bonchev–Trinajstić information content (AvgIpc) is 3.16. The lowest BCUT2D eigenvalue weighted by Crippen LogP contribution is -1.99. The second-order valence-corrected chi connectivity index (χ2v) is 10.8. The predicted molar refractivity (Wildman–Crippen MR) is 110 cm³/mol. The first-order valence-corrected chi connectivity index (χ1v) is 12.4. The first-order valence-electron chi connectivity index (χ1n) is 8.58. The van der Waals surface area contributed by atoms with E-state index in [9.17, 15) is 16.8 Å². The van der Waals surface area contributed by atoms with E-state index in [-0.39, 0.29) is 9.79 Å². The van der Waals surface area contributed by atoms with Gasteiger partial charge in [0.05, 0.1) is 15.5 Å². The number of nitrogens with zero attached hydrogens (tertiary/aromatic N) is 3. The first-order chi connectivity index (χ1) is 13.6. The molecule has 0 fully saturated rings. The zero-order valence-corrected chi connectivity index (χ0v) is 17.3. The zero-order valence-electron chi connectivity index (χ0n) is 15.6. The molecule has 4 rings (SSSR count). The molecule has 2 aromatic carbocycles. The van der Waals surface area contributed by atoms with Gasteiger partial charge in [-0.1, -0.05) is 24.3 Å². The molecule has 0 bridgehead atoms. The lowest BCUT2D eigenvalue weighted by molar-refractivity contribution is 0.600. The highest BCUT2D eigenvalue weighted by Crippen LogP contribution is 2.30. The number of rotatable bonds is 4. The maximum absolute atomic E-state index is 11.9. The summed E-state index contributed by atoms with van der Waals surface area (Å²) in [6, 6.07) is 16.9. The van der Waals surface area contributed by atoms with Crippen molar-refractivity contribution in [1.82, 2.24) is 14.6 Å². The van der Waals surface area contributed by atoms with Gasteiger partial charge in [0.15, 0.2) is 25.3 Å². The third-order valence-electron chi connectivity index (χ3n) is 4.58. The minimum atomic E-state index is -3.33. The molecule has 0 saturated heterocycles. The van der Waals surface area contributed by atoms with Gasteiger partial charge in [-0.15, -0.1) is 0 Å². The van der Waals surface area contributed by atoms with E-state index in [0.29, 0.717) is 11.2 Å². The van der Waals surface area contributed by atoms with Gasteiger partial charge in [-0.25, -0.2) is 26.3 Å². The van der Waals surface area contributed by atoms with Crippen LogP contribution in [0.5, 0.6) is 0 Å². The van der Waals surface area contributed by atoms with Crippen molar-refractivity contribution in [2.24, 2.45) is 0 Å². The summed E-state index contributed by atoms with van der Waals surface area (Å²) in [5.41, 5.74) is 3.54. The molecule has 4 aromatic rings. The predicted octanol–water partition coefficient (Wildman–Crippen LogP) is 2.87. The third-order valence-corrected chi connectivity index (χ3v) is 6.81. The summed E-state index contributed by atoms with van der Waals surface area (Å²) >= 11 is 0. The minimum Gasteiger partial charge on any atom is -0.224 e. The van der Waals surface area contributed by atoms with Crippen LogP contribution >= 0.6 is 0 Å². The van der Waals surface area contributed by atoms with Crippen molar-refractivity contribution in [3.8, 4) is 22.4 Å². The number of pyridine rings is 1. The van der Waals surface area contributed by atoms with Gasteiger partial charge in [0.25, 0.3) is 0 Å². The number of aromatic nitrogens is 3. The van der Waals surface area contributed by atoms with Crippen LogP contribution in [0.4, 0.5) is 0 Å². The van der Waals surface area contributed by atoms with Gasteiger partial charge in [0, 0.05) is 23.6 Å². The van der Waals surface area contributed by atoms with Crippen LogP contribution < -0.4 is 0 Å². The molecule has 0 atom stereocenters. The minimum absolute atomic E-state index is 0.230. The second kappa shape index (κ2) is 6.78. The van der Waals surface area contributed by atoms with Crippen molar-refractivity contribution in [3.05, 3.63) is 67.0 Å². The standard InChI is InChI=1S/C20H17N3O4S2/c1-28(24,25)16-8-6-14(7-9-16)19-11-10-18(20-21-13-22-23(19)20)15-4-3-5-17(12-15)29(2,26)27/h3-13H,1-2H3. The van der Waals surface area contributed by atoms with Crippen LogP contribution in [0.2, 0.25) is 0 Å². The average molecular weight is 428 g/mol. The number of hydrogen-bond donors (Lipinski definition) is 0. The van der Waals surface area contributed by atoms with Crippen molar-refractivity contribution >= 4 is 25.3 Å². The van der Waals surface area contributed by atoms with Crippen LogP contribution in [0, 0.1) is 0 Å². The summed E-state index contributed by atoms with van der Waals surface area (Å²) in [4.78, 5) is 4.81. The van der Waals surface area contributed by atoms with E-state index in [4.69, 9.17) is 0 Å². The van der Waals surface area contributed by atoms with E-state index >= 15 is 0 Å². The molecule has 0 N–H and O–H groups in total. The molecule has 29 heavy (non-hydrogen) atoms. The van der Waals surface area contributed by atoms with E-state index < -0.39 is 19.7 Å². The Labute approximate surface area is 168 Å². The normalized spacial score (nSPS) is 12.3. The van der Waals surface area contributed by atoms with E-state index in [0.717, 1.165) is 23.1 Å². The van der Waals surface area contributed by atoms with Crippen molar-refractivity contribution in [3.63, 3.8) is 0 Å². The Bertz CT molecular complexity index is 1440. The molecule has 2 aromatic heterocycles. The number of sulfone groups is 2. The topological polar surface area (TPSA) is 98.5 Å². The highest BCUT2D eigenvalue weighted by Gasteiger charge is 2.15. The fraction of sp³-hybridized carbons (Fsp3) is 0.100. The van der Waals surface area contributed by atoms with E-state index in [1.807, 2.05) is 18.2 Å². The van der Waals surface area contributed by atoms with Crippen molar-refractivity contribution in [1.29, 1.82) is 0 Å². The lowest BCUT2D eigenvalue weighted by atomic mass is 10.0. The highest BCUT2D eigenvalue weighted by atomic mass is 32.2. The molecule has 0 aliphatic rings. The Morgan fingerprint density at radius 1 is 0.759 bits per heavy atom. The Balaban J connectivity index is 1.85. The molecular weight excluding hydrogens is 410 g/mol. The third kappa shape index (κ3) is 3.66. The molecule has 0 spiro atoms. The fourth-order valence-electron chi connectivity index (χ4n) is 3.12. The number of hydrogen-bond acceptors (Lipinski definition) is 6. The van der Waals surface area contributed by atoms with Crippen LogP contribution in [-0.4, -0.2) is 43.9 Å².